The summed E-state index contributed by atoms with van der Waals surface area (Å²) in [5, 5.41) is 7.03. The predicted octanol–water partition coefficient (Wildman–Crippen LogP) is 4.26. The number of carbonyl (C=O) groups is 1. The molecular formula is C21H16BrN5O2. The Kier molecular flexibility index (Phi) is 5.62. The Labute approximate surface area is 175 Å². The molecule has 0 bridgehead atoms. The van der Waals surface area contributed by atoms with Crippen LogP contribution in [0.15, 0.2) is 84.0 Å². The van der Waals surface area contributed by atoms with Crippen molar-refractivity contribution in [3.63, 3.8) is 0 Å². The Morgan fingerprint density at radius 1 is 1.07 bits per heavy atom. The van der Waals surface area contributed by atoms with Gasteiger partial charge in [0.1, 0.15) is 6.61 Å². The van der Waals surface area contributed by atoms with Gasteiger partial charge in [-0.1, -0.05) is 0 Å². The third-order valence-corrected chi connectivity index (χ3v) is 4.50. The lowest BCUT2D eigenvalue weighted by atomic mass is 10.2. The predicted molar refractivity (Wildman–Crippen MR) is 112 cm³/mol. The fourth-order valence-corrected chi connectivity index (χ4v) is 2.91. The number of pyridine rings is 2. The van der Waals surface area contributed by atoms with Crippen LogP contribution in [0.3, 0.4) is 0 Å². The monoisotopic (exact) mass is 449 g/mol. The lowest BCUT2D eigenvalue weighted by Crippen LogP contribution is -2.14. The van der Waals surface area contributed by atoms with Crippen molar-refractivity contribution >= 4 is 27.7 Å². The zero-order valence-corrected chi connectivity index (χ0v) is 16.8. The molecule has 0 aliphatic heterocycles. The number of halogens is 1. The van der Waals surface area contributed by atoms with E-state index in [9.17, 15) is 4.79 Å². The standard InChI is InChI=1S/C21H16BrN5O2/c22-17-12-25-27(13-17)18-5-3-16(4-6-18)21(28)26-20-19(2-1-9-24-20)29-14-15-7-10-23-11-8-15/h1-13H,14H2,(H,24,26,28). The summed E-state index contributed by atoms with van der Waals surface area (Å²) in [6.45, 7) is 0.352. The van der Waals surface area contributed by atoms with Crippen LogP contribution < -0.4 is 10.1 Å². The van der Waals surface area contributed by atoms with E-state index in [1.54, 1.807) is 53.7 Å². The Bertz CT molecular complexity index is 1110. The van der Waals surface area contributed by atoms with Gasteiger partial charge in [-0.3, -0.25) is 9.78 Å². The topological polar surface area (TPSA) is 81.9 Å². The quantitative estimate of drug-likeness (QED) is 0.475. The van der Waals surface area contributed by atoms with Gasteiger partial charge in [-0.15, -0.1) is 0 Å². The van der Waals surface area contributed by atoms with Crippen LogP contribution in [0.5, 0.6) is 5.75 Å². The zero-order valence-electron chi connectivity index (χ0n) is 15.2. The van der Waals surface area contributed by atoms with Gasteiger partial charge in [0, 0.05) is 30.4 Å². The summed E-state index contributed by atoms with van der Waals surface area (Å²) in [6, 6.07) is 14.4. The molecule has 0 aliphatic carbocycles. The van der Waals surface area contributed by atoms with Crippen molar-refractivity contribution < 1.29 is 9.53 Å². The molecule has 1 amide bonds. The third kappa shape index (κ3) is 4.67. The maximum Gasteiger partial charge on any atom is 0.256 e. The molecule has 0 unspecified atom stereocenters. The molecule has 0 atom stereocenters. The van der Waals surface area contributed by atoms with Gasteiger partial charge in [0.05, 0.1) is 16.4 Å². The average molecular weight is 450 g/mol. The molecule has 3 aromatic heterocycles. The second kappa shape index (κ2) is 8.66. The molecule has 0 saturated heterocycles. The van der Waals surface area contributed by atoms with Crippen molar-refractivity contribution in [1.29, 1.82) is 0 Å². The average Bonchev–Trinajstić information content (AvgIpc) is 3.20. The van der Waals surface area contributed by atoms with Gasteiger partial charge < -0.3 is 10.1 Å². The SMILES string of the molecule is O=C(Nc1ncccc1OCc1ccncc1)c1ccc(-n2cc(Br)cn2)cc1. The molecule has 144 valence electrons. The second-order valence-electron chi connectivity index (χ2n) is 6.10. The lowest BCUT2D eigenvalue weighted by molar-refractivity contribution is 0.102. The Morgan fingerprint density at radius 3 is 2.59 bits per heavy atom. The first kappa shape index (κ1) is 18.8. The molecule has 29 heavy (non-hydrogen) atoms. The van der Waals surface area contributed by atoms with E-state index in [0.29, 0.717) is 23.7 Å². The largest absolute Gasteiger partial charge is 0.485 e. The molecule has 1 aromatic carbocycles. The van der Waals surface area contributed by atoms with Gasteiger partial charge in [0.15, 0.2) is 11.6 Å². The third-order valence-electron chi connectivity index (χ3n) is 4.09. The van der Waals surface area contributed by atoms with Crippen LogP contribution >= 0.6 is 15.9 Å². The van der Waals surface area contributed by atoms with Crippen molar-refractivity contribution in [1.82, 2.24) is 19.7 Å². The van der Waals surface area contributed by atoms with E-state index in [2.05, 4.69) is 36.3 Å². The molecule has 7 nitrogen and oxygen atoms in total. The normalized spacial score (nSPS) is 10.5. The van der Waals surface area contributed by atoms with Crippen LogP contribution in [-0.4, -0.2) is 25.7 Å². The van der Waals surface area contributed by atoms with E-state index in [-0.39, 0.29) is 5.91 Å². The van der Waals surface area contributed by atoms with Gasteiger partial charge in [-0.2, -0.15) is 5.10 Å². The number of carbonyl (C=O) groups excluding carboxylic acids is 1. The maximum atomic E-state index is 12.6. The van der Waals surface area contributed by atoms with Crippen LogP contribution in [0, 0.1) is 0 Å². The fourth-order valence-electron chi connectivity index (χ4n) is 2.63. The van der Waals surface area contributed by atoms with Crippen molar-refractivity contribution in [2.24, 2.45) is 0 Å². The summed E-state index contributed by atoms with van der Waals surface area (Å²) >= 11 is 3.37. The Balaban J connectivity index is 1.45. The number of ether oxygens (including phenoxy) is 1. The van der Waals surface area contributed by atoms with Crippen molar-refractivity contribution in [2.45, 2.75) is 6.61 Å². The molecule has 4 rings (SSSR count). The molecule has 8 heteroatoms. The fraction of sp³-hybridized carbons (Fsp3) is 0.0476. The Hall–Kier alpha value is -3.52. The van der Waals surface area contributed by atoms with E-state index >= 15 is 0 Å². The van der Waals surface area contributed by atoms with Crippen molar-refractivity contribution in [3.05, 3.63) is 95.1 Å². The highest BCUT2D eigenvalue weighted by Gasteiger charge is 2.12. The van der Waals surface area contributed by atoms with Crippen LogP contribution in [0.1, 0.15) is 15.9 Å². The maximum absolute atomic E-state index is 12.6. The van der Waals surface area contributed by atoms with Gasteiger partial charge >= 0.3 is 0 Å². The number of amides is 1. The number of hydrogen-bond acceptors (Lipinski definition) is 5. The van der Waals surface area contributed by atoms with E-state index in [1.807, 2.05) is 30.5 Å². The second-order valence-corrected chi connectivity index (χ2v) is 7.01. The highest BCUT2D eigenvalue weighted by Crippen LogP contribution is 2.23. The minimum Gasteiger partial charge on any atom is -0.485 e. The molecule has 4 aromatic rings. The van der Waals surface area contributed by atoms with E-state index in [4.69, 9.17) is 4.74 Å². The molecule has 0 saturated carbocycles. The van der Waals surface area contributed by atoms with Gasteiger partial charge in [0.2, 0.25) is 0 Å². The summed E-state index contributed by atoms with van der Waals surface area (Å²) in [5.74, 6) is 0.591. The molecule has 3 heterocycles. The zero-order chi connectivity index (χ0) is 20.1. The minimum atomic E-state index is -0.273. The summed E-state index contributed by atoms with van der Waals surface area (Å²) < 4.78 is 8.42. The van der Waals surface area contributed by atoms with Crippen LogP contribution in [-0.2, 0) is 6.61 Å². The Morgan fingerprint density at radius 2 is 1.86 bits per heavy atom. The summed E-state index contributed by atoms with van der Waals surface area (Å²) in [4.78, 5) is 20.9. The molecule has 0 spiro atoms. The summed E-state index contributed by atoms with van der Waals surface area (Å²) in [5.41, 5.74) is 2.33. The van der Waals surface area contributed by atoms with Crippen LogP contribution in [0.4, 0.5) is 5.82 Å². The van der Waals surface area contributed by atoms with Crippen LogP contribution in [0.2, 0.25) is 0 Å². The first-order valence-corrected chi connectivity index (χ1v) is 9.57. The number of hydrogen-bond donors (Lipinski definition) is 1. The van der Waals surface area contributed by atoms with E-state index < -0.39 is 0 Å². The number of rotatable bonds is 6. The first-order chi connectivity index (χ1) is 14.2. The lowest BCUT2D eigenvalue weighted by Gasteiger charge is -2.11. The van der Waals surface area contributed by atoms with Crippen LogP contribution in [0.25, 0.3) is 5.69 Å². The van der Waals surface area contributed by atoms with Gasteiger partial charge in [-0.25, -0.2) is 9.67 Å². The highest BCUT2D eigenvalue weighted by molar-refractivity contribution is 9.10. The summed E-state index contributed by atoms with van der Waals surface area (Å²) in [6.07, 6.45) is 8.56. The van der Waals surface area contributed by atoms with Gasteiger partial charge in [0.25, 0.3) is 5.91 Å². The smallest absolute Gasteiger partial charge is 0.256 e. The van der Waals surface area contributed by atoms with Crippen molar-refractivity contribution in [2.75, 3.05) is 5.32 Å². The molecule has 0 fully saturated rings. The van der Waals surface area contributed by atoms with E-state index in [0.717, 1.165) is 15.7 Å². The molecule has 1 N–H and O–H groups in total. The minimum absolute atomic E-state index is 0.273. The molecule has 0 aliphatic rings. The number of benzene rings is 1. The number of anilines is 1. The molecular weight excluding hydrogens is 434 g/mol. The van der Waals surface area contributed by atoms with E-state index in [1.165, 1.54) is 0 Å². The highest BCUT2D eigenvalue weighted by atomic mass is 79.9. The van der Waals surface area contributed by atoms with Crippen molar-refractivity contribution in [3.8, 4) is 11.4 Å². The number of nitrogens with one attached hydrogen (secondary N) is 1. The van der Waals surface area contributed by atoms with Gasteiger partial charge in [-0.05, 0) is 70.0 Å². The first-order valence-electron chi connectivity index (χ1n) is 8.78. The molecule has 0 radical (unpaired) electrons. The number of nitrogens with zero attached hydrogens (tertiary/aromatic N) is 4. The number of aromatic nitrogens is 4. The summed E-state index contributed by atoms with van der Waals surface area (Å²) in [7, 11) is 0.